The zero-order valence-electron chi connectivity index (χ0n) is 19.5. The highest BCUT2D eigenvalue weighted by Gasteiger charge is 2.23. The van der Waals surface area contributed by atoms with Gasteiger partial charge in [0.15, 0.2) is 0 Å². The topological polar surface area (TPSA) is 95.5 Å². The maximum atomic E-state index is 13.0. The molecule has 11 heteroatoms. The third-order valence-corrected chi connectivity index (χ3v) is 9.15. The van der Waals surface area contributed by atoms with Gasteiger partial charge in [0.05, 0.1) is 11.3 Å². The lowest BCUT2D eigenvalue weighted by atomic mass is 10.1. The second-order valence-corrected chi connectivity index (χ2v) is 11.8. The number of nitrogens with zero attached hydrogens (tertiary/aromatic N) is 4. The van der Waals surface area contributed by atoms with Crippen LogP contribution in [-0.2, 0) is 21.2 Å². The Bertz CT molecular complexity index is 1500. The molecule has 0 bridgehead atoms. The molecule has 36 heavy (non-hydrogen) atoms. The zero-order valence-corrected chi connectivity index (χ0v) is 21.9. The number of carbonyl (C=O) groups is 1. The Morgan fingerprint density at radius 3 is 2.53 bits per heavy atom. The maximum Gasteiger partial charge on any atom is 0.263 e. The fourth-order valence-corrected chi connectivity index (χ4v) is 6.62. The second-order valence-electron chi connectivity index (χ2n) is 8.53. The number of fused-ring (bicyclic) bond motifs is 1. The van der Waals surface area contributed by atoms with E-state index in [0.717, 1.165) is 26.2 Å². The van der Waals surface area contributed by atoms with Gasteiger partial charge in [-0.2, -0.15) is 0 Å². The van der Waals surface area contributed by atoms with E-state index in [4.69, 9.17) is 11.6 Å². The number of nitrogens with one attached hydrogen (secondary N) is 1. The van der Waals surface area contributed by atoms with Gasteiger partial charge < -0.3 is 9.80 Å². The fraction of sp³-hybridized carbons (Fsp3) is 0.240. The molecule has 0 atom stereocenters. The number of thiophene rings is 1. The van der Waals surface area contributed by atoms with Crippen molar-refractivity contribution >= 4 is 60.5 Å². The third-order valence-electron chi connectivity index (χ3n) is 6.27. The summed E-state index contributed by atoms with van der Waals surface area (Å²) in [6, 6.07) is 14.1. The fourth-order valence-electron chi connectivity index (χ4n) is 4.26. The van der Waals surface area contributed by atoms with Crippen molar-refractivity contribution in [2.24, 2.45) is 0 Å². The van der Waals surface area contributed by atoms with Crippen molar-refractivity contribution in [3.8, 4) is 0 Å². The van der Waals surface area contributed by atoms with E-state index in [-0.39, 0.29) is 16.6 Å². The van der Waals surface area contributed by atoms with Gasteiger partial charge in [0, 0.05) is 52.7 Å². The molecule has 186 valence electrons. The number of carbonyl (C=O) groups excluding carboxylic acids is 1. The molecule has 1 aliphatic heterocycles. The molecule has 1 amide bonds. The highest BCUT2D eigenvalue weighted by Crippen LogP contribution is 2.33. The van der Waals surface area contributed by atoms with Gasteiger partial charge in [0.25, 0.3) is 10.0 Å². The molecular weight excluding hydrogens is 518 g/mol. The van der Waals surface area contributed by atoms with E-state index < -0.39 is 10.0 Å². The Kier molecular flexibility index (Phi) is 6.83. The number of amides is 1. The quantitative estimate of drug-likeness (QED) is 0.390. The minimum atomic E-state index is -3.74. The van der Waals surface area contributed by atoms with Crippen molar-refractivity contribution in [2.45, 2.75) is 18.2 Å². The van der Waals surface area contributed by atoms with Crippen molar-refractivity contribution in [3.63, 3.8) is 0 Å². The predicted molar refractivity (Wildman–Crippen MR) is 143 cm³/mol. The van der Waals surface area contributed by atoms with E-state index in [1.807, 2.05) is 30.0 Å². The highest BCUT2D eigenvalue weighted by molar-refractivity contribution is 7.92. The van der Waals surface area contributed by atoms with Gasteiger partial charge in [-0.3, -0.25) is 9.52 Å². The van der Waals surface area contributed by atoms with Gasteiger partial charge in [-0.1, -0.05) is 11.6 Å². The molecule has 5 rings (SSSR count). The van der Waals surface area contributed by atoms with Crippen LogP contribution in [0.1, 0.15) is 10.4 Å². The summed E-state index contributed by atoms with van der Waals surface area (Å²) in [4.78, 5) is 26.0. The molecule has 3 heterocycles. The second kappa shape index (κ2) is 10.0. The molecule has 8 nitrogen and oxygen atoms in total. The summed E-state index contributed by atoms with van der Waals surface area (Å²) >= 11 is 7.79. The van der Waals surface area contributed by atoms with Crippen LogP contribution in [-0.4, -0.2) is 55.4 Å². The normalized spacial score (nSPS) is 14.3. The summed E-state index contributed by atoms with van der Waals surface area (Å²) in [6.07, 6.45) is 3.14. The molecule has 0 unspecified atom stereocenters. The van der Waals surface area contributed by atoms with Crippen molar-refractivity contribution in [2.75, 3.05) is 35.8 Å². The van der Waals surface area contributed by atoms with Crippen LogP contribution in [0.4, 0.5) is 11.5 Å². The zero-order chi connectivity index (χ0) is 25.3. The number of aryl methyl sites for hydroxylation is 1. The minimum absolute atomic E-state index is 0.118. The SMILES string of the molecule is Cc1c(CC(=O)N2CCN(c3ccc(S(=O)(=O)Nc4ccncn4)cc3)CC2)sc2ccc(Cl)cc12. The molecular formula is C25H24ClN5O3S2. The smallest absolute Gasteiger partial charge is 0.263 e. The minimum Gasteiger partial charge on any atom is -0.368 e. The number of hydrogen-bond acceptors (Lipinski definition) is 7. The lowest BCUT2D eigenvalue weighted by Gasteiger charge is -2.36. The molecule has 0 radical (unpaired) electrons. The van der Waals surface area contributed by atoms with Gasteiger partial charge in [-0.25, -0.2) is 18.4 Å². The van der Waals surface area contributed by atoms with Gasteiger partial charge >= 0.3 is 0 Å². The number of aromatic nitrogens is 2. The molecule has 0 saturated carbocycles. The first-order valence-electron chi connectivity index (χ1n) is 11.4. The van der Waals surface area contributed by atoms with Crippen LogP contribution in [0.5, 0.6) is 0 Å². The molecule has 0 spiro atoms. The van der Waals surface area contributed by atoms with Gasteiger partial charge in [-0.15, -0.1) is 11.3 Å². The first kappa shape index (κ1) is 24.5. The number of halogens is 1. The van der Waals surface area contributed by atoms with Crippen LogP contribution in [0.15, 0.2) is 66.0 Å². The predicted octanol–water partition coefficient (Wildman–Crippen LogP) is 4.35. The molecule has 0 aliphatic carbocycles. The van der Waals surface area contributed by atoms with E-state index in [1.165, 1.54) is 18.6 Å². The van der Waals surface area contributed by atoms with E-state index in [1.54, 1.807) is 35.6 Å². The van der Waals surface area contributed by atoms with Crippen LogP contribution in [0.25, 0.3) is 10.1 Å². The number of piperazine rings is 1. The number of sulfonamides is 1. The van der Waals surface area contributed by atoms with E-state index >= 15 is 0 Å². The Morgan fingerprint density at radius 2 is 1.83 bits per heavy atom. The number of anilines is 2. The van der Waals surface area contributed by atoms with Crippen LogP contribution in [0, 0.1) is 6.92 Å². The largest absolute Gasteiger partial charge is 0.368 e. The summed E-state index contributed by atoms with van der Waals surface area (Å²) in [5, 5.41) is 1.81. The number of rotatable bonds is 6. The van der Waals surface area contributed by atoms with E-state index in [0.29, 0.717) is 37.6 Å². The van der Waals surface area contributed by atoms with Crippen LogP contribution < -0.4 is 9.62 Å². The summed E-state index contributed by atoms with van der Waals surface area (Å²) < 4.78 is 28.8. The molecule has 1 N–H and O–H groups in total. The lowest BCUT2D eigenvalue weighted by molar-refractivity contribution is -0.130. The number of benzene rings is 2. The Morgan fingerprint density at radius 1 is 1.08 bits per heavy atom. The number of hydrogen-bond donors (Lipinski definition) is 1. The lowest BCUT2D eigenvalue weighted by Crippen LogP contribution is -2.49. The van der Waals surface area contributed by atoms with Crippen LogP contribution >= 0.6 is 22.9 Å². The van der Waals surface area contributed by atoms with E-state index in [9.17, 15) is 13.2 Å². The highest BCUT2D eigenvalue weighted by atomic mass is 35.5. The average Bonchev–Trinajstić information content (AvgIpc) is 3.19. The van der Waals surface area contributed by atoms with Crippen LogP contribution in [0.3, 0.4) is 0 Å². The van der Waals surface area contributed by atoms with Crippen molar-refractivity contribution < 1.29 is 13.2 Å². The summed E-state index contributed by atoms with van der Waals surface area (Å²) in [6.45, 7) is 4.63. The van der Waals surface area contributed by atoms with Crippen LogP contribution in [0.2, 0.25) is 5.02 Å². The van der Waals surface area contributed by atoms with Crippen molar-refractivity contribution in [1.29, 1.82) is 0 Å². The molecule has 2 aromatic carbocycles. The standard InChI is InChI=1S/C25H24ClN5O3S2/c1-17-21-14-18(26)2-7-22(21)35-23(17)15-25(32)31-12-10-30(11-13-31)19-3-5-20(6-4-19)36(33,34)29-24-8-9-27-16-28-24/h2-9,14,16H,10-13,15H2,1H3,(H,27,28,29). The monoisotopic (exact) mass is 541 g/mol. The molecule has 4 aromatic rings. The maximum absolute atomic E-state index is 13.0. The first-order valence-corrected chi connectivity index (χ1v) is 14.1. The molecule has 1 aliphatic rings. The molecule has 2 aromatic heterocycles. The van der Waals surface area contributed by atoms with E-state index in [2.05, 4.69) is 19.6 Å². The third kappa shape index (κ3) is 5.16. The van der Waals surface area contributed by atoms with Gasteiger partial charge in [0.1, 0.15) is 12.1 Å². The van der Waals surface area contributed by atoms with Gasteiger partial charge in [-0.05, 0) is 66.4 Å². The average molecular weight is 542 g/mol. The summed E-state index contributed by atoms with van der Waals surface area (Å²) in [5.74, 6) is 0.331. The van der Waals surface area contributed by atoms with Crippen molar-refractivity contribution in [1.82, 2.24) is 14.9 Å². The Hall–Kier alpha value is -3.21. The first-order chi connectivity index (χ1) is 17.3. The van der Waals surface area contributed by atoms with Gasteiger partial charge in [0.2, 0.25) is 5.91 Å². The molecule has 1 fully saturated rings. The molecule has 1 saturated heterocycles. The summed E-state index contributed by atoms with van der Waals surface area (Å²) in [7, 11) is -3.74. The van der Waals surface area contributed by atoms with Crippen molar-refractivity contribution in [3.05, 3.63) is 76.5 Å². The Balaban J connectivity index is 1.19. The Labute approximate surface area is 218 Å². The summed E-state index contributed by atoms with van der Waals surface area (Å²) in [5.41, 5.74) is 2.04.